The molecule has 0 radical (unpaired) electrons. The van der Waals surface area contributed by atoms with Crippen molar-refractivity contribution in [3.8, 4) is 5.75 Å². The first kappa shape index (κ1) is 22.8. The van der Waals surface area contributed by atoms with E-state index in [1.165, 1.54) is 6.08 Å². The van der Waals surface area contributed by atoms with Crippen molar-refractivity contribution in [1.29, 1.82) is 0 Å². The third-order valence-electron chi connectivity index (χ3n) is 5.12. The van der Waals surface area contributed by atoms with Crippen LogP contribution in [-0.2, 0) is 16.2 Å². The van der Waals surface area contributed by atoms with E-state index in [0.717, 1.165) is 14.9 Å². The van der Waals surface area contributed by atoms with E-state index in [4.69, 9.17) is 16.3 Å². The van der Waals surface area contributed by atoms with E-state index < -0.39 is 17.8 Å². The predicted molar refractivity (Wildman–Crippen MR) is 130 cm³/mol. The first-order valence-electron chi connectivity index (χ1n) is 9.98. The van der Waals surface area contributed by atoms with Gasteiger partial charge in [-0.2, -0.15) is 0 Å². The summed E-state index contributed by atoms with van der Waals surface area (Å²) in [6, 6.07) is 18.8. The van der Waals surface area contributed by atoms with Gasteiger partial charge in [-0.25, -0.2) is 9.69 Å². The smallest absolute Gasteiger partial charge is 0.335 e. The molecule has 0 aromatic heterocycles. The maximum absolute atomic E-state index is 13.1. The molecule has 0 atom stereocenters. The number of ether oxygens (including phenoxy) is 1. The highest BCUT2D eigenvalue weighted by molar-refractivity contribution is 9.10. The number of imide groups is 2. The number of urea groups is 1. The van der Waals surface area contributed by atoms with Crippen molar-refractivity contribution in [2.75, 3.05) is 4.90 Å². The zero-order valence-electron chi connectivity index (χ0n) is 17.5. The summed E-state index contributed by atoms with van der Waals surface area (Å²) in [5.41, 5.74) is 2.34. The first-order chi connectivity index (χ1) is 15.8. The highest BCUT2D eigenvalue weighted by Crippen LogP contribution is 2.29. The van der Waals surface area contributed by atoms with Crippen molar-refractivity contribution < 1.29 is 19.1 Å². The number of amides is 4. The van der Waals surface area contributed by atoms with Gasteiger partial charge < -0.3 is 4.74 Å². The van der Waals surface area contributed by atoms with Gasteiger partial charge in [-0.1, -0.05) is 63.9 Å². The van der Waals surface area contributed by atoms with Crippen molar-refractivity contribution in [1.82, 2.24) is 5.32 Å². The van der Waals surface area contributed by atoms with E-state index in [1.54, 1.807) is 49.4 Å². The van der Waals surface area contributed by atoms with Gasteiger partial charge in [0.2, 0.25) is 0 Å². The molecule has 1 saturated heterocycles. The van der Waals surface area contributed by atoms with Gasteiger partial charge in [0.25, 0.3) is 11.8 Å². The van der Waals surface area contributed by atoms with Crippen LogP contribution in [0.4, 0.5) is 10.5 Å². The zero-order valence-corrected chi connectivity index (χ0v) is 19.8. The number of nitrogens with zero attached hydrogens (tertiary/aromatic N) is 1. The van der Waals surface area contributed by atoms with Crippen molar-refractivity contribution in [3.63, 3.8) is 0 Å². The molecule has 166 valence electrons. The van der Waals surface area contributed by atoms with E-state index in [2.05, 4.69) is 21.2 Å². The Morgan fingerprint density at radius 2 is 1.73 bits per heavy atom. The van der Waals surface area contributed by atoms with E-state index in [9.17, 15) is 14.4 Å². The van der Waals surface area contributed by atoms with Crippen LogP contribution < -0.4 is 15.0 Å². The van der Waals surface area contributed by atoms with Crippen LogP contribution in [0.3, 0.4) is 0 Å². The Hall–Kier alpha value is -3.42. The number of hydrogen-bond donors (Lipinski definition) is 1. The summed E-state index contributed by atoms with van der Waals surface area (Å²) >= 11 is 9.64. The minimum atomic E-state index is -0.816. The minimum absolute atomic E-state index is 0.157. The lowest BCUT2D eigenvalue weighted by Crippen LogP contribution is -2.54. The van der Waals surface area contributed by atoms with Gasteiger partial charge in [0.15, 0.2) is 0 Å². The van der Waals surface area contributed by atoms with Gasteiger partial charge in [-0.05, 0) is 54.5 Å². The fourth-order valence-corrected chi connectivity index (χ4v) is 3.89. The van der Waals surface area contributed by atoms with Gasteiger partial charge in [0, 0.05) is 15.1 Å². The van der Waals surface area contributed by atoms with Crippen LogP contribution in [0.5, 0.6) is 5.75 Å². The number of benzene rings is 3. The average Bonchev–Trinajstić information content (AvgIpc) is 2.79. The number of carbonyl (C=O) groups is 3. The largest absolute Gasteiger partial charge is 0.489 e. The molecule has 6 nitrogen and oxygen atoms in total. The molecule has 0 unspecified atom stereocenters. The second-order valence-electron chi connectivity index (χ2n) is 7.29. The van der Waals surface area contributed by atoms with E-state index in [0.29, 0.717) is 34.2 Å². The summed E-state index contributed by atoms with van der Waals surface area (Å²) in [7, 11) is 0. The molecular formula is C25H18BrClN2O4. The van der Waals surface area contributed by atoms with E-state index >= 15 is 0 Å². The summed E-state index contributed by atoms with van der Waals surface area (Å²) in [5, 5.41) is 2.63. The van der Waals surface area contributed by atoms with Crippen molar-refractivity contribution in [2.24, 2.45) is 0 Å². The summed E-state index contributed by atoms with van der Waals surface area (Å²) in [6.45, 7) is 2.09. The Morgan fingerprint density at radius 3 is 2.45 bits per heavy atom. The summed E-state index contributed by atoms with van der Waals surface area (Å²) in [5.74, 6) is -0.836. The maximum atomic E-state index is 13.1. The highest BCUT2D eigenvalue weighted by Gasteiger charge is 2.37. The number of rotatable bonds is 5. The summed E-state index contributed by atoms with van der Waals surface area (Å²) in [6.07, 6.45) is 1.44. The van der Waals surface area contributed by atoms with Gasteiger partial charge in [0.1, 0.15) is 17.9 Å². The minimum Gasteiger partial charge on any atom is -0.489 e. The molecule has 4 amide bonds. The molecule has 0 bridgehead atoms. The maximum Gasteiger partial charge on any atom is 0.335 e. The standard InChI is InChI=1S/C25H18BrClN2O4/c1-15-21(27)7-4-8-22(15)29-24(31)19(23(30)28-25(29)32)13-16-9-11-18(12-10-16)33-14-17-5-2-3-6-20(17)26/h2-13H,14H2,1H3,(H,28,30,32)/b19-13+. The number of carbonyl (C=O) groups excluding carboxylic acids is 3. The van der Waals surface area contributed by atoms with Gasteiger partial charge in [0.05, 0.1) is 5.69 Å². The zero-order chi connectivity index (χ0) is 23.5. The number of halogens is 2. The van der Waals surface area contributed by atoms with Crippen LogP contribution in [0.15, 0.2) is 76.8 Å². The monoisotopic (exact) mass is 524 g/mol. The van der Waals surface area contributed by atoms with Crippen molar-refractivity contribution in [3.05, 3.63) is 98.5 Å². The lowest BCUT2D eigenvalue weighted by atomic mass is 10.1. The third-order valence-corrected chi connectivity index (χ3v) is 6.31. The van der Waals surface area contributed by atoms with Crippen LogP contribution in [0.25, 0.3) is 6.08 Å². The molecule has 0 spiro atoms. The third kappa shape index (κ3) is 4.84. The second kappa shape index (κ2) is 9.60. The molecule has 1 aliphatic rings. The molecule has 0 saturated carbocycles. The van der Waals surface area contributed by atoms with Gasteiger partial charge in [-0.3, -0.25) is 14.9 Å². The lowest BCUT2D eigenvalue weighted by Gasteiger charge is -2.27. The second-order valence-corrected chi connectivity index (χ2v) is 8.55. The molecule has 1 N–H and O–H groups in total. The molecule has 1 heterocycles. The SMILES string of the molecule is Cc1c(Cl)cccc1N1C(=O)NC(=O)/C(=C\c2ccc(OCc3ccccc3Br)cc2)C1=O. The van der Waals surface area contributed by atoms with Crippen LogP contribution in [0.2, 0.25) is 5.02 Å². The molecule has 33 heavy (non-hydrogen) atoms. The predicted octanol–water partition coefficient (Wildman–Crippen LogP) is 5.66. The molecule has 8 heteroatoms. The molecule has 0 aliphatic carbocycles. The quantitative estimate of drug-likeness (QED) is 0.345. The van der Waals surface area contributed by atoms with Gasteiger partial charge >= 0.3 is 6.03 Å². The van der Waals surface area contributed by atoms with E-state index in [1.807, 2.05) is 24.3 Å². The topological polar surface area (TPSA) is 75.7 Å². The Bertz CT molecular complexity index is 1290. The van der Waals surface area contributed by atoms with Gasteiger partial charge in [-0.15, -0.1) is 0 Å². The number of barbiturate groups is 1. The van der Waals surface area contributed by atoms with Crippen LogP contribution in [-0.4, -0.2) is 17.8 Å². The summed E-state index contributed by atoms with van der Waals surface area (Å²) in [4.78, 5) is 38.8. The number of anilines is 1. The molecule has 3 aromatic rings. The first-order valence-corrected chi connectivity index (χ1v) is 11.1. The Morgan fingerprint density at radius 1 is 1.00 bits per heavy atom. The van der Waals surface area contributed by atoms with Crippen molar-refractivity contribution in [2.45, 2.75) is 13.5 Å². The van der Waals surface area contributed by atoms with Crippen molar-refractivity contribution >= 4 is 57.1 Å². The molecule has 3 aromatic carbocycles. The lowest BCUT2D eigenvalue weighted by molar-refractivity contribution is -0.122. The Balaban J connectivity index is 1.55. The van der Waals surface area contributed by atoms with Crippen LogP contribution in [0.1, 0.15) is 16.7 Å². The fraction of sp³-hybridized carbons (Fsp3) is 0.0800. The molecule has 1 aliphatic heterocycles. The van der Waals surface area contributed by atoms with Crippen LogP contribution >= 0.6 is 27.5 Å². The fourth-order valence-electron chi connectivity index (χ4n) is 3.32. The van der Waals surface area contributed by atoms with Crippen LogP contribution in [0, 0.1) is 6.92 Å². The average molecular weight is 526 g/mol. The molecule has 4 rings (SSSR count). The molecular weight excluding hydrogens is 508 g/mol. The number of hydrogen-bond acceptors (Lipinski definition) is 4. The Labute approximate surface area is 203 Å². The summed E-state index contributed by atoms with van der Waals surface area (Å²) < 4.78 is 6.77. The van der Waals surface area contributed by atoms with E-state index in [-0.39, 0.29) is 5.57 Å². The molecule has 1 fully saturated rings. The normalized spacial score (nSPS) is 15.1. The number of nitrogens with one attached hydrogen (secondary N) is 1. The Kier molecular flexibility index (Phi) is 6.62. The highest BCUT2D eigenvalue weighted by atomic mass is 79.9.